The number of fused-ring (bicyclic) bond motifs is 1. The number of halogens is 2. The van der Waals surface area contributed by atoms with Gasteiger partial charge in [-0.3, -0.25) is 0 Å². The number of rotatable bonds is 0. The van der Waals surface area contributed by atoms with Crippen LogP contribution in [0.3, 0.4) is 0 Å². The van der Waals surface area contributed by atoms with Gasteiger partial charge in [-0.15, -0.1) is 11.6 Å². The zero-order valence-electron chi connectivity index (χ0n) is 8.23. The van der Waals surface area contributed by atoms with E-state index in [1.807, 2.05) is 0 Å². The van der Waals surface area contributed by atoms with Crippen LogP contribution >= 0.6 is 23.2 Å². The summed E-state index contributed by atoms with van der Waals surface area (Å²) in [6, 6.07) is 0. The normalized spacial score (nSPS) is 39.2. The molecule has 0 spiro atoms. The molecule has 0 aromatic rings. The number of alkyl halides is 1. The Hall–Kier alpha value is 0.280. The van der Waals surface area contributed by atoms with Crippen molar-refractivity contribution in [3.05, 3.63) is 10.6 Å². The van der Waals surface area contributed by atoms with E-state index in [-0.39, 0.29) is 5.38 Å². The first-order valence-corrected chi connectivity index (χ1v) is 6.18. The van der Waals surface area contributed by atoms with Gasteiger partial charge in [0.2, 0.25) is 0 Å². The summed E-state index contributed by atoms with van der Waals surface area (Å²) >= 11 is 12.4. The van der Waals surface area contributed by atoms with Crippen molar-refractivity contribution >= 4 is 23.2 Å². The second-order valence-corrected chi connectivity index (χ2v) is 5.51. The average molecular weight is 235 g/mol. The number of aliphatic hydroxyl groups is 1. The molecule has 0 aromatic heterocycles. The SMILES string of the molecule is O[C@]12CCCCCC(=C1Cl)C[C@@H](Cl)C2. The van der Waals surface area contributed by atoms with Crippen LogP contribution < -0.4 is 0 Å². The van der Waals surface area contributed by atoms with E-state index in [4.69, 9.17) is 23.2 Å². The molecule has 2 aliphatic carbocycles. The summed E-state index contributed by atoms with van der Waals surface area (Å²) < 4.78 is 0. The van der Waals surface area contributed by atoms with Gasteiger partial charge < -0.3 is 5.11 Å². The second kappa shape index (κ2) is 4.03. The minimum Gasteiger partial charge on any atom is -0.384 e. The Morgan fingerprint density at radius 1 is 1.29 bits per heavy atom. The predicted molar refractivity (Wildman–Crippen MR) is 59.8 cm³/mol. The fourth-order valence-electron chi connectivity index (χ4n) is 2.57. The van der Waals surface area contributed by atoms with Gasteiger partial charge in [-0.2, -0.15) is 0 Å². The second-order valence-electron chi connectivity index (χ2n) is 4.52. The molecule has 0 amide bonds. The molecule has 0 aliphatic heterocycles. The van der Waals surface area contributed by atoms with Crippen LogP contribution in [-0.2, 0) is 0 Å². The lowest BCUT2D eigenvalue weighted by Gasteiger charge is -2.37. The molecule has 0 aromatic carbocycles. The van der Waals surface area contributed by atoms with Crippen LogP contribution in [0.2, 0.25) is 0 Å². The van der Waals surface area contributed by atoms with Crippen molar-refractivity contribution in [1.29, 1.82) is 0 Å². The maximum Gasteiger partial charge on any atom is 0.101 e. The minimum absolute atomic E-state index is 0.0654. The average Bonchev–Trinajstić information content (AvgIpc) is 2.12. The number of hydrogen-bond acceptors (Lipinski definition) is 1. The van der Waals surface area contributed by atoms with E-state index in [1.54, 1.807) is 0 Å². The molecular formula is C11H16Cl2O. The van der Waals surface area contributed by atoms with Crippen LogP contribution in [0.25, 0.3) is 0 Å². The van der Waals surface area contributed by atoms with Gasteiger partial charge in [0.25, 0.3) is 0 Å². The van der Waals surface area contributed by atoms with E-state index in [1.165, 1.54) is 18.4 Å². The Morgan fingerprint density at radius 2 is 2.07 bits per heavy atom. The van der Waals surface area contributed by atoms with Crippen molar-refractivity contribution < 1.29 is 5.11 Å². The third-order valence-electron chi connectivity index (χ3n) is 3.31. The monoisotopic (exact) mass is 234 g/mol. The molecule has 14 heavy (non-hydrogen) atoms. The lowest BCUT2D eigenvalue weighted by atomic mass is 9.79. The van der Waals surface area contributed by atoms with Crippen molar-refractivity contribution in [3.8, 4) is 0 Å². The van der Waals surface area contributed by atoms with Crippen LogP contribution in [0.5, 0.6) is 0 Å². The smallest absolute Gasteiger partial charge is 0.101 e. The van der Waals surface area contributed by atoms with E-state index in [0.29, 0.717) is 11.5 Å². The summed E-state index contributed by atoms with van der Waals surface area (Å²) in [5.41, 5.74) is 0.391. The fraction of sp³-hybridized carbons (Fsp3) is 0.818. The predicted octanol–water partition coefficient (Wildman–Crippen LogP) is 3.58. The molecule has 2 aliphatic rings. The molecule has 2 atom stereocenters. The summed E-state index contributed by atoms with van der Waals surface area (Å²) in [5, 5.41) is 11.1. The van der Waals surface area contributed by atoms with Gasteiger partial charge >= 0.3 is 0 Å². The molecule has 0 unspecified atom stereocenters. The highest BCUT2D eigenvalue weighted by atomic mass is 35.5. The third kappa shape index (κ3) is 1.95. The Kier molecular flexibility index (Phi) is 3.11. The number of allylic oxidation sites excluding steroid dienone is 1. The lowest BCUT2D eigenvalue weighted by molar-refractivity contribution is 0.0548. The Labute approximate surface area is 95.1 Å². The first-order chi connectivity index (χ1) is 6.62. The maximum atomic E-state index is 10.4. The topological polar surface area (TPSA) is 20.2 Å². The first kappa shape index (κ1) is 10.8. The summed E-state index contributed by atoms with van der Waals surface area (Å²) in [7, 11) is 0. The Morgan fingerprint density at radius 3 is 2.86 bits per heavy atom. The summed E-state index contributed by atoms with van der Waals surface area (Å²) in [5.74, 6) is 0. The van der Waals surface area contributed by atoms with E-state index in [9.17, 15) is 5.11 Å². The van der Waals surface area contributed by atoms with Gasteiger partial charge in [-0.1, -0.05) is 30.0 Å². The van der Waals surface area contributed by atoms with Gasteiger partial charge in [0.15, 0.2) is 0 Å². The lowest BCUT2D eigenvalue weighted by Crippen LogP contribution is -2.37. The zero-order chi connectivity index (χ0) is 10.2. The van der Waals surface area contributed by atoms with Crippen molar-refractivity contribution in [2.24, 2.45) is 0 Å². The maximum absolute atomic E-state index is 10.4. The largest absolute Gasteiger partial charge is 0.384 e. The molecule has 1 N–H and O–H groups in total. The molecule has 0 fully saturated rings. The summed E-state index contributed by atoms with van der Waals surface area (Å²) in [6.07, 6.45) is 6.72. The van der Waals surface area contributed by atoms with Gasteiger partial charge in [0.05, 0.1) is 0 Å². The molecule has 0 heterocycles. The third-order valence-corrected chi connectivity index (χ3v) is 4.24. The summed E-state index contributed by atoms with van der Waals surface area (Å²) in [4.78, 5) is 0. The molecular weight excluding hydrogens is 219 g/mol. The van der Waals surface area contributed by atoms with Gasteiger partial charge in [-0.05, 0) is 32.1 Å². The molecule has 80 valence electrons. The molecule has 2 bridgehead atoms. The zero-order valence-corrected chi connectivity index (χ0v) is 9.74. The Balaban J connectivity index is 2.32. The molecule has 0 saturated carbocycles. The first-order valence-electron chi connectivity index (χ1n) is 5.36. The molecule has 1 nitrogen and oxygen atoms in total. The highest BCUT2D eigenvalue weighted by molar-refractivity contribution is 6.31. The van der Waals surface area contributed by atoms with E-state index >= 15 is 0 Å². The number of hydrogen-bond donors (Lipinski definition) is 1. The van der Waals surface area contributed by atoms with E-state index in [2.05, 4.69) is 0 Å². The van der Waals surface area contributed by atoms with E-state index < -0.39 is 5.60 Å². The van der Waals surface area contributed by atoms with Crippen LogP contribution in [0.15, 0.2) is 10.6 Å². The highest BCUT2D eigenvalue weighted by Gasteiger charge is 2.39. The molecule has 0 radical (unpaired) electrons. The standard InChI is InChI=1S/C11H16Cl2O/c12-9-6-8-4-2-1-3-5-11(14,7-9)10(8)13/h9,14H,1-7H2/t9-,11+/m1/s1. The highest BCUT2D eigenvalue weighted by Crippen LogP contribution is 2.44. The van der Waals surface area contributed by atoms with E-state index in [0.717, 1.165) is 25.7 Å². The summed E-state index contributed by atoms with van der Waals surface area (Å²) in [6.45, 7) is 0. The van der Waals surface area contributed by atoms with Crippen LogP contribution in [0, 0.1) is 0 Å². The van der Waals surface area contributed by atoms with Crippen molar-refractivity contribution in [1.82, 2.24) is 0 Å². The fourth-order valence-corrected chi connectivity index (χ4v) is 3.36. The van der Waals surface area contributed by atoms with Crippen LogP contribution in [0.4, 0.5) is 0 Å². The van der Waals surface area contributed by atoms with Crippen molar-refractivity contribution in [2.45, 2.75) is 55.9 Å². The minimum atomic E-state index is -0.804. The quantitative estimate of drug-likeness (QED) is 0.636. The van der Waals surface area contributed by atoms with Crippen LogP contribution in [0.1, 0.15) is 44.9 Å². The van der Waals surface area contributed by atoms with Gasteiger partial charge in [0.1, 0.15) is 5.60 Å². The molecule has 0 saturated heterocycles. The van der Waals surface area contributed by atoms with Crippen LogP contribution in [-0.4, -0.2) is 16.1 Å². The molecule has 2 rings (SSSR count). The van der Waals surface area contributed by atoms with Crippen molar-refractivity contribution in [2.75, 3.05) is 0 Å². The van der Waals surface area contributed by atoms with Gasteiger partial charge in [0, 0.05) is 10.4 Å². The molecule has 3 heteroatoms. The van der Waals surface area contributed by atoms with Crippen molar-refractivity contribution in [3.63, 3.8) is 0 Å². The Bertz CT molecular complexity index is 262. The van der Waals surface area contributed by atoms with Gasteiger partial charge in [-0.25, -0.2) is 0 Å².